The molecule has 200 valence electrons. The van der Waals surface area contributed by atoms with E-state index in [1.165, 1.54) is 0 Å². The van der Waals surface area contributed by atoms with Crippen LogP contribution in [0.4, 0.5) is 5.82 Å². The van der Waals surface area contributed by atoms with Crippen LogP contribution in [-0.2, 0) is 22.3 Å². The maximum Gasteiger partial charge on any atom is 0.341 e. The van der Waals surface area contributed by atoms with Gasteiger partial charge < -0.3 is 18.9 Å². The fraction of sp³-hybridized carbons (Fsp3) is 0.448. The van der Waals surface area contributed by atoms with Gasteiger partial charge >= 0.3 is 5.97 Å². The van der Waals surface area contributed by atoms with Gasteiger partial charge in [-0.25, -0.2) is 9.31 Å². The Morgan fingerprint density at radius 3 is 2.55 bits per heavy atom. The van der Waals surface area contributed by atoms with E-state index in [4.69, 9.17) is 24.1 Å². The molecule has 4 heterocycles. The lowest BCUT2D eigenvalue weighted by atomic mass is 10.0. The summed E-state index contributed by atoms with van der Waals surface area (Å²) in [7, 11) is 0. The molecule has 5 rings (SSSR count). The number of carbonyl (C=O) groups is 1. The van der Waals surface area contributed by atoms with Crippen molar-refractivity contribution in [3.63, 3.8) is 0 Å². The van der Waals surface area contributed by atoms with Gasteiger partial charge in [0, 0.05) is 25.1 Å². The number of rotatable bonds is 10. The second-order valence-electron chi connectivity index (χ2n) is 9.43. The molecule has 0 unspecified atom stereocenters. The highest BCUT2D eigenvalue weighted by molar-refractivity contribution is 6.08. The minimum atomic E-state index is -0.422. The summed E-state index contributed by atoms with van der Waals surface area (Å²) in [5.41, 5.74) is 4.48. The van der Waals surface area contributed by atoms with Crippen LogP contribution in [-0.4, -0.2) is 58.6 Å². The number of ether oxygens (including phenoxy) is 2. The lowest BCUT2D eigenvalue weighted by molar-refractivity contribution is 0.0529. The average molecular weight is 518 g/mol. The molecule has 0 saturated carbocycles. The van der Waals surface area contributed by atoms with E-state index in [1.54, 1.807) is 0 Å². The number of benzene rings is 1. The van der Waals surface area contributed by atoms with E-state index < -0.39 is 5.97 Å². The zero-order chi connectivity index (χ0) is 26.5. The summed E-state index contributed by atoms with van der Waals surface area (Å²) in [5, 5.41) is 9.33. The third kappa shape index (κ3) is 5.03. The molecule has 0 amide bonds. The van der Waals surface area contributed by atoms with Crippen LogP contribution in [0.3, 0.4) is 0 Å². The highest BCUT2D eigenvalue weighted by Crippen LogP contribution is 2.39. The van der Waals surface area contributed by atoms with Crippen LogP contribution < -0.4 is 4.90 Å². The lowest BCUT2D eigenvalue weighted by Crippen LogP contribution is -2.37. The molecule has 4 aromatic rings. The smallest absolute Gasteiger partial charge is 0.341 e. The number of aromatic nitrogens is 4. The van der Waals surface area contributed by atoms with Crippen molar-refractivity contribution in [1.29, 1.82) is 0 Å². The first kappa shape index (κ1) is 25.9. The van der Waals surface area contributed by atoms with Gasteiger partial charge in [0.2, 0.25) is 0 Å². The molecule has 9 nitrogen and oxygen atoms in total. The predicted molar refractivity (Wildman–Crippen MR) is 146 cm³/mol. The topological polar surface area (TPSA) is 95.0 Å². The molecule has 1 aliphatic heterocycles. The number of esters is 1. The zero-order valence-corrected chi connectivity index (χ0v) is 22.4. The Labute approximate surface area is 222 Å². The molecule has 1 fully saturated rings. The van der Waals surface area contributed by atoms with Crippen molar-refractivity contribution in [3.05, 3.63) is 53.5 Å². The molecule has 3 aromatic heterocycles. The van der Waals surface area contributed by atoms with Crippen molar-refractivity contribution >= 4 is 17.3 Å². The molecule has 0 atom stereocenters. The van der Waals surface area contributed by atoms with Crippen LogP contribution in [0.5, 0.6) is 0 Å². The van der Waals surface area contributed by atoms with E-state index in [-0.39, 0.29) is 6.61 Å². The van der Waals surface area contributed by atoms with Gasteiger partial charge in [0.15, 0.2) is 5.82 Å². The van der Waals surface area contributed by atoms with Crippen LogP contribution >= 0.6 is 0 Å². The second-order valence-corrected chi connectivity index (χ2v) is 9.43. The largest absolute Gasteiger partial charge is 0.462 e. The van der Waals surface area contributed by atoms with Gasteiger partial charge in [-0.15, -0.1) is 5.10 Å². The molecule has 0 bridgehead atoms. The van der Waals surface area contributed by atoms with Gasteiger partial charge in [0.05, 0.1) is 36.6 Å². The standard InChI is InChI=1S/C29H35N5O4/c1-4-7-14-23-30-28(38-32-23)25-22(11-5-2)34-27(26(25)29(35)37-6-3)21(20-12-9-8-10-13-20)19-24(31-34)33-15-17-36-18-16-33/h8-10,12-13,19H,4-7,11,14-18H2,1-3H3. The number of anilines is 1. The summed E-state index contributed by atoms with van der Waals surface area (Å²) in [5.74, 6) is 1.39. The first-order valence-electron chi connectivity index (χ1n) is 13.6. The van der Waals surface area contributed by atoms with E-state index in [0.29, 0.717) is 48.0 Å². The van der Waals surface area contributed by atoms with Crippen LogP contribution in [0.2, 0.25) is 0 Å². The molecule has 1 aromatic carbocycles. The lowest BCUT2D eigenvalue weighted by Gasteiger charge is -2.28. The van der Waals surface area contributed by atoms with Crippen molar-refractivity contribution in [3.8, 4) is 22.6 Å². The summed E-state index contributed by atoms with van der Waals surface area (Å²) in [6.07, 6.45) is 4.24. The number of carbonyl (C=O) groups excluding carboxylic acids is 1. The Hall–Kier alpha value is -3.72. The Morgan fingerprint density at radius 2 is 1.84 bits per heavy atom. The number of fused-ring (bicyclic) bond motifs is 1. The Bertz CT molecular complexity index is 1390. The monoisotopic (exact) mass is 517 g/mol. The quantitative estimate of drug-likeness (QED) is 0.260. The third-order valence-corrected chi connectivity index (χ3v) is 6.80. The number of unbranched alkanes of at least 4 members (excludes halogenated alkanes) is 1. The average Bonchev–Trinajstić information content (AvgIpc) is 3.55. The Morgan fingerprint density at radius 1 is 1.05 bits per heavy atom. The highest BCUT2D eigenvalue weighted by atomic mass is 16.5. The van der Waals surface area contributed by atoms with Gasteiger partial charge in [-0.05, 0) is 31.4 Å². The normalized spacial score (nSPS) is 13.8. The van der Waals surface area contributed by atoms with Gasteiger partial charge in [-0.1, -0.05) is 62.2 Å². The van der Waals surface area contributed by atoms with Crippen molar-refractivity contribution in [2.75, 3.05) is 37.8 Å². The van der Waals surface area contributed by atoms with E-state index in [2.05, 4.69) is 42.1 Å². The van der Waals surface area contributed by atoms with E-state index in [1.807, 2.05) is 29.6 Å². The SMILES string of the molecule is CCCCc1noc(-c2c(C(=O)OCC)c3c(-c4ccccc4)cc(N4CCOCC4)nn3c2CCC)n1. The fourth-order valence-electron chi connectivity index (χ4n) is 4.97. The molecular formula is C29H35N5O4. The molecule has 0 radical (unpaired) electrons. The van der Waals surface area contributed by atoms with E-state index in [9.17, 15) is 4.79 Å². The van der Waals surface area contributed by atoms with E-state index in [0.717, 1.165) is 61.4 Å². The summed E-state index contributed by atoms with van der Waals surface area (Å²) in [6, 6.07) is 12.2. The summed E-state index contributed by atoms with van der Waals surface area (Å²) < 4.78 is 18.9. The van der Waals surface area contributed by atoms with Crippen molar-refractivity contribution in [2.24, 2.45) is 0 Å². The molecule has 0 N–H and O–H groups in total. The third-order valence-electron chi connectivity index (χ3n) is 6.80. The summed E-state index contributed by atoms with van der Waals surface area (Å²) in [6.45, 7) is 9.10. The van der Waals surface area contributed by atoms with Crippen LogP contribution in [0, 0.1) is 0 Å². The van der Waals surface area contributed by atoms with Crippen molar-refractivity contribution in [1.82, 2.24) is 19.8 Å². The molecule has 1 aliphatic rings. The molecule has 0 aliphatic carbocycles. The van der Waals surface area contributed by atoms with Gasteiger partial charge in [-0.3, -0.25) is 0 Å². The first-order chi connectivity index (χ1) is 18.7. The molecular weight excluding hydrogens is 482 g/mol. The maximum atomic E-state index is 13.6. The number of morpholine rings is 1. The van der Waals surface area contributed by atoms with Gasteiger partial charge in [0.25, 0.3) is 5.89 Å². The maximum absolute atomic E-state index is 13.6. The van der Waals surface area contributed by atoms with Crippen molar-refractivity contribution in [2.45, 2.75) is 52.9 Å². The van der Waals surface area contributed by atoms with Crippen molar-refractivity contribution < 1.29 is 18.8 Å². The zero-order valence-electron chi connectivity index (χ0n) is 22.4. The summed E-state index contributed by atoms with van der Waals surface area (Å²) >= 11 is 0. The Balaban J connectivity index is 1.83. The predicted octanol–water partition coefficient (Wildman–Crippen LogP) is 5.36. The first-order valence-corrected chi connectivity index (χ1v) is 13.6. The molecule has 9 heteroatoms. The number of hydrogen-bond donors (Lipinski definition) is 0. The highest BCUT2D eigenvalue weighted by Gasteiger charge is 2.32. The molecule has 0 spiro atoms. The van der Waals surface area contributed by atoms with Crippen LogP contribution in [0.25, 0.3) is 28.1 Å². The van der Waals surface area contributed by atoms with Gasteiger partial charge in [0.1, 0.15) is 11.4 Å². The minimum absolute atomic E-state index is 0.254. The molecule has 38 heavy (non-hydrogen) atoms. The number of aryl methyl sites for hydroxylation is 2. The van der Waals surface area contributed by atoms with Crippen LogP contribution in [0.1, 0.15) is 61.9 Å². The fourth-order valence-corrected chi connectivity index (χ4v) is 4.97. The minimum Gasteiger partial charge on any atom is -0.462 e. The number of nitrogens with zero attached hydrogens (tertiary/aromatic N) is 5. The molecule has 1 saturated heterocycles. The second kappa shape index (κ2) is 11.8. The number of hydrogen-bond acceptors (Lipinski definition) is 8. The summed E-state index contributed by atoms with van der Waals surface area (Å²) in [4.78, 5) is 20.6. The van der Waals surface area contributed by atoms with Gasteiger partial charge in [-0.2, -0.15) is 4.98 Å². The Kier molecular flexibility index (Phi) is 8.03. The van der Waals surface area contributed by atoms with Crippen LogP contribution in [0.15, 0.2) is 40.9 Å². The van der Waals surface area contributed by atoms with E-state index >= 15 is 0 Å².